The molecule has 2 rings (SSSR count). The molecule has 1 aliphatic carbocycles. The molecule has 0 aliphatic heterocycles. The number of rotatable bonds is 1. The molecule has 0 saturated heterocycles. The maximum absolute atomic E-state index is 13.3. The molecule has 0 bridgehead atoms. The van der Waals surface area contributed by atoms with Gasteiger partial charge in [-0.05, 0) is 38.3 Å². The monoisotopic (exact) mass is 181 g/mol. The second kappa shape index (κ2) is 2.77. The van der Waals surface area contributed by atoms with Gasteiger partial charge in [0.1, 0.15) is 0 Å². The Kier molecular flexibility index (Phi) is 1.84. The summed E-state index contributed by atoms with van der Waals surface area (Å²) in [6.07, 6.45) is 2.26. The van der Waals surface area contributed by atoms with Crippen LogP contribution in [0.25, 0.3) is 0 Å². The predicted molar refractivity (Wildman–Crippen MR) is 46.7 cm³/mol. The van der Waals surface area contributed by atoms with Gasteiger partial charge in [-0.3, -0.25) is 0 Å². The van der Waals surface area contributed by atoms with E-state index in [4.69, 9.17) is 0 Å². The van der Waals surface area contributed by atoms with Gasteiger partial charge >= 0.3 is 0 Å². The average Bonchev–Trinajstić information content (AvgIpc) is 2.00. The van der Waals surface area contributed by atoms with Gasteiger partial charge in [0.05, 0.1) is 5.60 Å². The van der Waals surface area contributed by atoms with Crippen LogP contribution in [0.5, 0.6) is 0 Å². The highest BCUT2D eigenvalue weighted by Crippen LogP contribution is 2.41. The first-order chi connectivity index (χ1) is 6.12. The summed E-state index contributed by atoms with van der Waals surface area (Å²) < 4.78 is 13.3. The van der Waals surface area contributed by atoms with Crippen molar-refractivity contribution in [2.45, 2.75) is 31.8 Å². The Morgan fingerprint density at radius 3 is 2.62 bits per heavy atom. The summed E-state index contributed by atoms with van der Waals surface area (Å²) in [4.78, 5) is 3.70. The Bertz CT molecular complexity index is 334. The first-order valence-corrected chi connectivity index (χ1v) is 4.48. The molecule has 2 nitrogen and oxygen atoms in total. The molecule has 0 radical (unpaired) electrons. The molecule has 1 N–H and O–H groups in total. The quantitative estimate of drug-likeness (QED) is 0.671. The Balaban J connectivity index is 2.40. The molecule has 1 saturated carbocycles. The zero-order valence-electron chi connectivity index (χ0n) is 7.55. The number of halogens is 1. The summed E-state index contributed by atoms with van der Waals surface area (Å²) in [5.41, 5.74) is 0.0543. The maximum atomic E-state index is 13.3. The number of hydrogen-bond acceptors (Lipinski definition) is 2. The lowest BCUT2D eigenvalue weighted by atomic mass is 9.75. The minimum Gasteiger partial charge on any atom is -0.385 e. The summed E-state index contributed by atoms with van der Waals surface area (Å²) in [5.74, 6) is -0.526. The number of hydrogen-bond donors (Lipinski definition) is 1. The van der Waals surface area contributed by atoms with E-state index in [-0.39, 0.29) is 0 Å². The van der Waals surface area contributed by atoms with Gasteiger partial charge in [-0.15, -0.1) is 0 Å². The summed E-state index contributed by atoms with van der Waals surface area (Å²) in [5, 5.41) is 9.87. The molecule has 3 heteroatoms. The second-order valence-electron chi connectivity index (χ2n) is 3.68. The molecule has 1 aliphatic rings. The molecule has 1 heterocycles. The van der Waals surface area contributed by atoms with Crippen molar-refractivity contribution in [1.82, 2.24) is 4.98 Å². The van der Waals surface area contributed by atoms with E-state index in [1.54, 1.807) is 19.1 Å². The zero-order valence-corrected chi connectivity index (χ0v) is 7.55. The van der Waals surface area contributed by atoms with Gasteiger partial charge in [0.2, 0.25) is 5.95 Å². The van der Waals surface area contributed by atoms with Crippen molar-refractivity contribution in [3.8, 4) is 0 Å². The molecular weight excluding hydrogens is 169 g/mol. The van der Waals surface area contributed by atoms with Crippen LogP contribution in [-0.4, -0.2) is 10.1 Å². The Morgan fingerprint density at radius 1 is 1.46 bits per heavy atom. The van der Waals surface area contributed by atoms with Crippen LogP contribution in [0.2, 0.25) is 0 Å². The van der Waals surface area contributed by atoms with E-state index in [0.29, 0.717) is 24.1 Å². The van der Waals surface area contributed by atoms with E-state index >= 15 is 0 Å². The molecular formula is C10H12FNO. The zero-order chi connectivity index (χ0) is 9.47. The van der Waals surface area contributed by atoms with Gasteiger partial charge in [0.25, 0.3) is 0 Å². The molecule has 1 fully saturated rings. The predicted octanol–water partition coefficient (Wildman–Crippen LogP) is 1.90. The third kappa shape index (κ3) is 1.33. The molecule has 1 aromatic heterocycles. The van der Waals surface area contributed by atoms with Crippen LogP contribution in [0.1, 0.15) is 30.5 Å². The van der Waals surface area contributed by atoms with Crippen LogP contribution >= 0.6 is 0 Å². The summed E-state index contributed by atoms with van der Waals surface area (Å²) in [7, 11) is 0. The lowest BCUT2D eigenvalue weighted by Crippen LogP contribution is -2.34. The molecule has 1 aromatic rings. The highest BCUT2D eigenvalue weighted by Gasteiger charge is 2.38. The minimum atomic E-state index is -0.940. The standard InChI is InChI=1S/C10H12FNO/c1-7-3-4-8(9(11)12-7)10(13)5-2-6-10/h3-4,13H,2,5-6H2,1H3. The SMILES string of the molecule is Cc1ccc(C2(O)CCC2)c(F)n1. The van der Waals surface area contributed by atoms with Crippen molar-refractivity contribution in [2.24, 2.45) is 0 Å². The van der Waals surface area contributed by atoms with Crippen LogP contribution in [0, 0.1) is 12.9 Å². The van der Waals surface area contributed by atoms with Gasteiger partial charge < -0.3 is 5.11 Å². The van der Waals surface area contributed by atoms with Gasteiger partial charge in [-0.1, -0.05) is 0 Å². The van der Waals surface area contributed by atoms with E-state index in [1.165, 1.54) is 0 Å². The second-order valence-corrected chi connectivity index (χ2v) is 3.68. The fourth-order valence-corrected chi connectivity index (χ4v) is 1.65. The van der Waals surface area contributed by atoms with Crippen molar-refractivity contribution in [2.75, 3.05) is 0 Å². The topological polar surface area (TPSA) is 33.1 Å². The van der Waals surface area contributed by atoms with Crippen molar-refractivity contribution in [3.63, 3.8) is 0 Å². The first-order valence-electron chi connectivity index (χ1n) is 4.48. The molecule has 70 valence electrons. The van der Waals surface area contributed by atoms with E-state index < -0.39 is 11.5 Å². The van der Waals surface area contributed by atoms with Crippen LogP contribution in [0.3, 0.4) is 0 Å². The van der Waals surface area contributed by atoms with Crippen LogP contribution < -0.4 is 0 Å². The Morgan fingerprint density at radius 2 is 2.15 bits per heavy atom. The Labute approximate surface area is 76.4 Å². The van der Waals surface area contributed by atoms with Crippen molar-refractivity contribution in [1.29, 1.82) is 0 Å². The van der Waals surface area contributed by atoms with E-state index in [1.807, 2.05) is 0 Å². The van der Waals surface area contributed by atoms with Gasteiger partial charge in [-0.25, -0.2) is 4.98 Å². The lowest BCUT2D eigenvalue weighted by molar-refractivity contribution is -0.0422. The minimum absolute atomic E-state index is 0.351. The third-order valence-electron chi connectivity index (χ3n) is 2.67. The summed E-state index contributed by atoms with van der Waals surface area (Å²) in [6, 6.07) is 3.37. The molecule has 13 heavy (non-hydrogen) atoms. The van der Waals surface area contributed by atoms with Gasteiger partial charge in [0.15, 0.2) is 0 Å². The maximum Gasteiger partial charge on any atom is 0.219 e. The normalized spacial score (nSPS) is 19.6. The third-order valence-corrected chi connectivity index (χ3v) is 2.67. The average molecular weight is 181 g/mol. The van der Waals surface area contributed by atoms with E-state index in [0.717, 1.165) is 6.42 Å². The Hall–Kier alpha value is -0.960. The highest BCUT2D eigenvalue weighted by molar-refractivity contribution is 5.24. The molecule has 0 amide bonds. The number of pyridine rings is 1. The number of aromatic nitrogens is 1. The smallest absolute Gasteiger partial charge is 0.219 e. The van der Waals surface area contributed by atoms with Crippen LogP contribution in [0.4, 0.5) is 4.39 Å². The first kappa shape index (κ1) is 8.63. The highest BCUT2D eigenvalue weighted by atomic mass is 19.1. The van der Waals surface area contributed by atoms with Crippen molar-refractivity contribution >= 4 is 0 Å². The van der Waals surface area contributed by atoms with Crippen LogP contribution in [-0.2, 0) is 5.60 Å². The summed E-state index contributed by atoms with van der Waals surface area (Å²) >= 11 is 0. The molecule has 0 atom stereocenters. The largest absolute Gasteiger partial charge is 0.385 e. The molecule has 0 unspecified atom stereocenters. The van der Waals surface area contributed by atoms with Gasteiger partial charge in [0, 0.05) is 11.3 Å². The molecule has 0 spiro atoms. The summed E-state index contributed by atoms with van der Waals surface area (Å²) in [6.45, 7) is 1.73. The number of nitrogens with zero attached hydrogens (tertiary/aromatic N) is 1. The van der Waals surface area contributed by atoms with Crippen LogP contribution in [0.15, 0.2) is 12.1 Å². The number of aryl methyl sites for hydroxylation is 1. The van der Waals surface area contributed by atoms with Crippen molar-refractivity contribution in [3.05, 3.63) is 29.3 Å². The lowest BCUT2D eigenvalue weighted by Gasteiger charge is -2.36. The number of aliphatic hydroxyl groups is 1. The molecule has 0 aromatic carbocycles. The fraction of sp³-hybridized carbons (Fsp3) is 0.500. The van der Waals surface area contributed by atoms with E-state index in [2.05, 4.69) is 4.98 Å². The fourth-order valence-electron chi connectivity index (χ4n) is 1.65. The van der Waals surface area contributed by atoms with E-state index in [9.17, 15) is 9.50 Å². The van der Waals surface area contributed by atoms with Crippen molar-refractivity contribution < 1.29 is 9.50 Å². The van der Waals surface area contributed by atoms with Gasteiger partial charge in [-0.2, -0.15) is 4.39 Å².